The SMILES string of the molecule is CN1OCOC1(C)Cc1ccccc1. The maximum atomic E-state index is 5.56. The molecule has 1 heterocycles. The van der Waals surface area contributed by atoms with E-state index in [0.717, 1.165) is 6.42 Å². The van der Waals surface area contributed by atoms with Crippen LogP contribution in [0.5, 0.6) is 0 Å². The fraction of sp³-hybridized carbons (Fsp3) is 0.455. The molecule has 0 aliphatic carbocycles. The van der Waals surface area contributed by atoms with Gasteiger partial charge in [-0.1, -0.05) is 30.3 Å². The van der Waals surface area contributed by atoms with E-state index in [9.17, 15) is 0 Å². The minimum atomic E-state index is -0.332. The molecule has 0 amide bonds. The number of hydrogen-bond acceptors (Lipinski definition) is 3. The summed E-state index contributed by atoms with van der Waals surface area (Å²) < 4.78 is 5.56. The van der Waals surface area contributed by atoms with Gasteiger partial charge in [0, 0.05) is 13.5 Å². The molecule has 1 aromatic rings. The molecular weight excluding hydrogens is 178 g/mol. The van der Waals surface area contributed by atoms with Crippen LogP contribution in [0.2, 0.25) is 0 Å². The quantitative estimate of drug-likeness (QED) is 0.714. The molecule has 1 aromatic carbocycles. The van der Waals surface area contributed by atoms with E-state index in [0.29, 0.717) is 6.79 Å². The topological polar surface area (TPSA) is 21.7 Å². The van der Waals surface area contributed by atoms with Gasteiger partial charge in [-0.15, -0.1) is 0 Å². The molecular formula is C11H15NO2. The summed E-state index contributed by atoms with van der Waals surface area (Å²) >= 11 is 0. The van der Waals surface area contributed by atoms with Crippen molar-refractivity contribution in [1.29, 1.82) is 0 Å². The van der Waals surface area contributed by atoms with Crippen molar-refractivity contribution < 1.29 is 9.57 Å². The van der Waals surface area contributed by atoms with E-state index >= 15 is 0 Å². The van der Waals surface area contributed by atoms with Crippen LogP contribution < -0.4 is 0 Å². The first-order valence-electron chi connectivity index (χ1n) is 4.75. The van der Waals surface area contributed by atoms with Gasteiger partial charge in [0.2, 0.25) is 0 Å². The van der Waals surface area contributed by atoms with Crippen molar-refractivity contribution in [1.82, 2.24) is 5.06 Å². The molecule has 1 aliphatic rings. The molecule has 2 rings (SSSR count). The molecule has 1 atom stereocenters. The largest absolute Gasteiger partial charge is 0.330 e. The van der Waals surface area contributed by atoms with Crippen molar-refractivity contribution in [2.45, 2.75) is 19.1 Å². The highest BCUT2D eigenvalue weighted by molar-refractivity contribution is 5.16. The van der Waals surface area contributed by atoms with Gasteiger partial charge in [-0.2, -0.15) is 5.06 Å². The lowest BCUT2D eigenvalue weighted by molar-refractivity contribution is -0.147. The number of benzene rings is 1. The number of nitrogens with zero attached hydrogens (tertiary/aromatic N) is 1. The molecule has 1 saturated heterocycles. The molecule has 1 aliphatic heterocycles. The zero-order valence-corrected chi connectivity index (χ0v) is 8.56. The Bertz CT molecular complexity index is 301. The zero-order valence-electron chi connectivity index (χ0n) is 8.56. The molecule has 0 bridgehead atoms. The fourth-order valence-corrected chi connectivity index (χ4v) is 1.60. The number of hydrogen-bond donors (Lipinski definition) is 0. The Labute approximate surface area is 84.2 Å². The molecule has 76 valence electrons. The standard InChI is InChI=1S/C11H15NO2/c1-11(12(2)14-9-13-11)8-10-6-4-3-5-7-10/h3-7H,8-9H2,1-2H3. The Morgan fingerprint density at radius 1 is 1.36 bits per heavy atom. The van der Waals surface area contributed by atoms with Crippen LogP contribution in [0, 0.1) is 0 Å². The highest BCUT2D eigenvalue weighted by Crippen LogP contribution is 2.26. The maximum Gasteiger partial charge on any atom is 0.169 e. The number of hydroxylamine groups is 2. The van der Waals surface area contributed by atoms with Gasteiger partial charge in [0.05, 0.1) is 0 Å². The third-order valence-corrected chi connectivity index (χ3v) is 2.66. The summed E-state index contributed by atoms with van der Waals surface area (Å²) in [7, 11) is 1.90. The second kappa shape index (κ2) is 3.69. The normalized spacial score (nSPS) is 28.1. The van der Waals surface area contributed by atoms with Crippen LogP contribution in [-0.4, -0.2) is 24.6 Å². The van der Waals surface area contributed by atoms with Gasteiger partial charge in [-0.3, -0.25) is 4.84 Å². The average Bonchev–Trinajstić information content (AvgIpc) is 2.48. The van der Waals surface area contributed by atoms with E-state index in [-0.39, 0.29) is 5.72 Å². The lowest BCUT2D eigenvalue weighted by atomic mass is 10.0. The molecule has 0 radical (unpaired) electrons. The van der Waals surface area contributed by atoms with E-state index in [2.05, 4.69) is 12.1 Å². The summed E-state index contributed by atoms with van der Waals surface area (Å²) in [6.45, 7) is 2.38. The molecule has 14 heavy (non-hydrogen) atoms. The van der Waals surface area contributed by atoms with Crippen LogP contribution in [-0.2, 0) is 16.0 Å². The predicted octanol–water partition coefficient (Wildman–Crippen LogP) is 1.80. The predicted molar refractivity (Wildman–Crippen MR) is 53.4 cm³/mol. The van der Waals surface area contributed by atoms with Gasteiger partial charge in [0.15, 0.2) is 6.79 Å². The first kappa shape index (κ1) is 9.65. The van der Waals surface area contributed by atoms with Gasteiger partial charge in [-0.25, -0.2) is 0 Å². The van der Waals surface area contributed by atoms with Crippen molar-refractivity contribution in [2.75, 3.05) is 13.8 Å². The molecule has 0 spiro atoms. The molecule has 0 N–H and O–H groups in total. The Morgan fingerprint density at radius 3 is 2.64 bits per heavy atom. The van der Waals surface area contributed by atoms with Crippen molar-refractivity contribution in [2.24, 2.45) is 0 Å². The minimum Gasteiger partial charge on any atom is -0.330 e. The summed E-state index contributed by atoms with van der Waals surface area (Å²) in [6, 6.07) is 10.3. The van der Waals surface area contributed by atoms with Crippen molar-refractivity contribution >= 4 is 0 Å². The Hall–Kier alpha value is -0.900. The lowest BCUT2D eigenvalue weighted by Crippen LogP contribution is -2.40. The van der Waals surface area contributed by atoms with Crippen LogP contribution >= 0.6 is 0 Å². The minimum absolute atomic E-state index is 0.332. The first-order valence-corrected chi connectivity index (χ1v) is 4.75. The third kappa shape index (κ3) is 1.80. The molecule has 3 heteroatoms. The van der Waals surface area contributed by atoms with E-state index in [1.807, 2.05) is 32.2 Å². The summed E-state index contributed by atoms with van der Waals surface area (Å²) in [5.41, 5.74) is 0.925. The van der Waals surface area contributed by atoms with Gasteiger partial charge in [0.25, 0.3) is 0 Å². The van der Waals surface area contributed by atoms with Crippen LogP contribution in [0.1, 0.15) is 12.5 Å². The fourth-order valence-electron chi connectivity index (χ4n) is 1.60. The van der Waals surface area contributed by atoms with Crippen molar-refractivity contribution in [3.63, 3.8) is 0 Å². The van der Waals surface area contributed by atoms with Crippen LogP contribution in [0.4, 0.5) is 0 Å². The summed E-state index contributed by atoms with van der Waals surface area (Å²) in [4.78, 5) is 5.25. The maximum absolute atomic E-state index is 5.56. The molecule has 3 nitrogen and oxygen atoms in total. The van der Waals surface area contributed by atoms with E-state index in [4.69, 9.17) is 9.57 Å². The highest BCUT2D eigenvalue weighted by atomic mass is 16.9. The Kier molecular flexibility index (Phi) is 2.54. The summed E-state index contributed by atoms with van der Waals surface area (Å²) in [5, 5.41) is 1.78. The van der Waals surface area contributed by atoms with Crippen molar-refractivity contribution in [3.8, 4) is 0 Å². The van der Waals surface area contributed by atoms with Crippen LogP contribution in [0.15, 0.2) is 30.3 Å². The van der Waals surface area contributed by atoms with Crippen LogP contribution in [0.3, 0.4) is 0 Å². The Balaban J connectivity index is 2.10. The average molecular weight is 193 g/mol. The molecule has 1 fully saturated rings. The van der Waals surface area contributed by atoms with E-state index < -0.39 is 0 Å². The number of ether oxygens (including phenoxy) is 1. The van der Waals surface area contributed by atoms with Gasteiger partial charge >= 0.3 is 0 Å². The molecule has 0 saturated carbocycles. The Morgan fingerprint density at radius 2 is 2.07 bits per heavy atom. The van der Waals surface area contributed by atoms with Gasteiger partial charge in [-0.05, 0) is 12.5 Å². The lowest BCUT2D eigenvalue weighted by Gasteiger charge is -2.28. The second-order valence-corrected chi connectivity index (χ2v) is 3.73. The first-order chi connectivity index (χ1) is 6.71. The number of rotatable bonds is 2. The van der Waals surface area contributed by atoms with E-state index in [1.54, 1.807) is 5.06 Å². The van der Waals surface area contributed by atoms with Crippen molar-refractivity contribution in [3.05, 3.63) is 35.9 Å². The van der Waals surface area contributed by atoms with Crippen LogP contribution in [0.25, 0.3) is 0 Å². The smallest absolute Gasteiger partial charge is 0.169 e. The van der Waals surface area contributed by atoms with Gasteiger partial charge < -0.3 is 4.74 Å². The third-order valence-electron chi connectivity index (χ3n) is 2.66. The summed E-state index contributed by atoms with van der Waals surface area (Å²) in [5.74, 6) is 0. The van der Waals surface area contributed by atoms with Gasteiger partial charge in [0.1, 0.15) is 5.72 Å². The summed E-state index contributed by atoms with van der Waals surface area (Å²) in [6.07, 6.45) is 0.838. The highest BCUT2D eigenvalue weighted by Gasteiger charge is 2.36. The zero-order chi connectivity index (χ0) is 10.0. The molecule has 0 aromatic heterocycles. The second-order valence-electron chi connectivity index (χ2n) is 3.73. The molecule has 1 unspecified atom stereocenters. The van der Waals surface area contributed by atoms with E-state index in [1.165, 1.54) is 5.56 Å². The number of likely N-dealkylation sites (N-methyl/N-ethyl adjacent to an activating group) is 1. The monoisotopic (exact) mass is 193 g/mol.